The fourth-order valence-corrected chi connectivity index (χ4v) is 2.69. The molecule has 23 heavy (non-hydrogen) atoms. The van der Waals surface area contributed by atoms with E-state index in [0.29, 0.717) is 16.8 Å². The Kier molecular flexibility index (Phi) is 3.93. The second-order valence-corrected chi connectivity index (χ2v) is 5.27. The van der Waals surface area contributed by atoms with E-state index in [2.05, 4.69) is 10.3 Å². The van der Waals surface area contributed by atoms with Crippen molar-refractivity contribution in [2.75, 3.05) is 0 Å². The van der Waals surface area contributed by atoms with Crippen molar-refractivity contribution >= 4 is 17.4 Å². The first-order valence-electron chi connectivity index (χ1n) is 7.23. The number of hydrogen-bond acceptors (Lipinski definition) is 4. The number of benzene rings is 2. The maximum absolute atomic E-state index is 14.2. The number of hydrogen-bond donors (Lipinski definition) is 2. The molecule has 0 fully saturated rings. The Hall–Kier alpha value is -2.95. The van der Waals surface area contributed by atoms with Crippen LogP contribution in [0.3, 0.4) is 0 Å². The van der Waals surface area contributed by atoms with E-state index in [4.69, 9.17) is 5.73 Å². The summed E-state index contributed by atoms with van der Waals surface area (Å²) < 4.78 is 14.2. The molecular formula is C18H16FN3O. The van der Waals surface area contributed by atoms with Crippen LogP contribution >= 0.6 is 0 Å². The van der Waals surface area contributed by atoms with Crippen LogP contribution in [0.5, 0.6) is 0 Å². The minimum Gasteiger partial charge on any atom is -0.370 e. The van der Waals surface area contributed by atoms with Crippen molar-refractivity contribution < 1.29 is 9.18 Å². The first kappa shape index (κ1) is 15.0. The third-order valence-electron chi connectivity index (χ3n) is 3.71. The topological polar surface area (TPSA) is 67.5 Å². The molecule has 1 aliphatic rings. The largest absolute Gasteiger partial charge is 0.370 e. The second-order valence-electron chi connectivity index (χ2n) is 5.27. The zero-order chi connectivity index (χ0) is 16.4. The van der Waals surface area contributed by atoms with Crippen LogP contribution in [0.25, 0.3) is 5.70 Å². The van der Waals surface area contributed by atoms with E-state index in [9.17, 15) is 9.18 Å². The Morgan fingerprint density at radius 1 is 1.13 bits per heavy atom. The van der Waals surface area contributed by atoms with Gasteiger partial charge in [0.15, 0.2) is 11.7 Å². The van der Waals surface area contributed by atoms with Gasteiger partial charge in [-0.2, -0.15) is 0 Å². The fraction of sp³-hybridized carbons (Fsp3) is 0.111. The summed E-state index contributed by atoms with van der Waals surface area (Å²) in [4.78, 5) is 16.5. The lowest BCUT2D eigenvalue weighted by Gasteiger charge is -2.26. The molecular weight excluding hydrogens is 293 g/mol. The standard InChI is InChI=1S/C18H16FN3O/c1-11(23)15-16(12-7-3-2-4-8-12)21-18(20)22-17(15)13-9-5-6-10-14(13)19/h2-10,17H,1H3,(H3,20,21,22). The van der Waals surface area contributed by atoms with Gasteiger partial charge in [0.2, 0.25) is 0 Å². The number of halogens is 1. The molecule has 1 atom stereocenters. The molecule has 0 radical (unpaired) electrons. The highest BCUT2D eigenvalue weighted by atomic mass is 19.1. The average Bonchev–Trinajstić information content (AvgIpc) is 2.55. The van der Waals surface area contributed by atoms with Crippen LogP contribution in [0.2, 0.25) is 0 Å². The maximum Gasteiger partial charge on any atom is 0.194 e. The number of carbonyl (C=O) groups excluding carboxylic acids is 1. The minimum atomic E-state index is -0.759. The normalized spacial score (nSPS) is 17.5. The van der Waals surface area contributed by atoms with Crippen molar-refractivity contribution in [1.29, 1.82) is 0 Å². The molecule has 2 aromatic carbocycles. The summed E-state index contributed by atoms with van der Waals surface area (Å²) in [6.07, 6.45) is 0. The van der Waals surface area contributed by atoms with Crippen LogP contribution in [0.4, 0.5) is 4.39 Å². The van der Waals surface area contributed by atoms with Crippen molar-refractivity contribution in [3.8, 4) is 0 Å². The van der Waals surface area contributed by atoms with Gasteiger partial charge in [0.1, 0.15) is 11.9 Å². The number of nitrogens with one attached hydrogen (secondary N) is 1. The summed E-state index contributed by atoms with van der Waals surface area (Å²) in [6, 6.07) is 14.9. The quantitative estimate of drug-likeness (QED) is 0.916. The van der Waals surface area contributed by atoms with E-state index < -0.39 is 11.9 Å². The highest BCUT2D eigenvalue weighted by Crippen LogP contribution is 2.35. The summed E-state index contributed by atoms with van der Waals surface area (Å²) >= 11 is 0. The second kappa shape index (κ2) is 6.04. The van der Waals surface area contributed by atoms with Gasteiger partial charge in [0.05, 0.1) is 5.70 Å². The molecule has 0 spiro atoms. The van der Waals surface area contributed by atoms with E-state index in [1.165, 1.54) is 13.0 Å². The lowest BCUT2D eigenvalue weighted by atomic mass is 9.91. The molecule has 3 N–H and O–H groups in total. The highest BCUT2D eigenvalue weighted by molar-refractivity contribution is 6.06. The molecule has 1 aliphatic heterocycles. The van der Waals surface area contributed by atoms with Gasteiger partial charge in [-0.15, -0.1) is 0 Å². The number of carbonyl (C=O) groups is 1. The van der Waals surface area contributed by atoms with E-state index in [1.54, 1.807) is 18.2 Å². The van der Waals surface area contributed by atoms with Crippen molar-refractivity contribution in [1.82, 2.24) is 5.32 Å². The van der Waals surface area contributed by atoms with E-state index in [-0.39, 0.29) is 11.7 Å². The smallest absolute Gasteiger partial charge is 0.194 e. The van der Waals surface area contributed by atoms with Crippen molar-refractivity contribution in [3.63, 3.8) is 0 Å². The van der Waals surface area contributed by atoms with Crippen molar-refractivity contribution in [3.05, 3.63) is 77.1 Å². The van der Waals surface area contributed by atoms with Crippen LogP contribution in [0.15, 0.2) is 65.2 Å². The molecule has 3 rings (SSSR count). The van der Waals surface area contributed by atoms with Gasteiger partial charge in [-0.1, -0.05) is 48.5 Å². The molecule has 2 aromatic rings. The summed E-state index contributed by atoms with van der Waals surface area (Å²) in [6.45, 7) is 1.45. The summed E-state index contributed by atoms with van der Waals surface area (Å²) in [5.41, 5.74) is 7.97. The van der Waals surface area contributed by atoms with Crippen LogP contribution in [0, 0.1) is 5.82 Å². The average molecular weight is 309 g/mol. The fourth-order valence-electron chi connectivity index (χ4n) is 2.69. The summed E-state index contributed by atoms with van der Waals surface area (Å²) in [7, 11) is 0. The third kappa shape index (κ3) is 2.85. The predicted molar refractivity (Wildman–Crippen MR) is 87.9 cm³/mol. The van der Waals surface area contributed by atoms with Gasteiger partial charge in [0.25, 0.3) is 0 Å². The minimum absolute atomic E-state index is 0.155. The molecule has 0 bridgehead atoms. The van der Waals surface area contributed by atoms with Crippen molar-refractivity contribution in [2.24, 2.45) is 10.7 Å². The van der Waals surface area contributed by atoms with E-state index >= 15 is 0 Å². The number of rotatable bonds is 3. The molecule has 0 aromatic heterocycles. The number of aliphatic imine (C=N–C) groups is 1. The molecule has 1 unspecified atom stereocenters. The molecule has 0 amide bonds. The van der Waals surface area contributed by atoms with Crippen LogP contribution in [-0.4, -0.2) is 11.7 Å². The SMILES string of the molecule is CC(=O)C1=C(c2ccccc2)NC(N)=NC1c1ccccc1F. The molecule has 0 saturated carbocycles. The molecule has 1 heterocycles. The molecule has 0 aliphatic carbocycles. The summed E-state index contributed by atoms with van der Waals surface area (Å²) in [5.74, 6) is -0.440. The molecule has 0 saturated heterocycles. The van der Waals surface area contributed by atoms with Crippen LogP contribution in [-0.2, 0) is 4.79 Å². The van der Waals surface area contributed by atoms with Crippen molar-refractivity contribution in [2.45, 2.75) is 13.0 Å². The van der Waals surface area contributed by atoms with Gasteiger partial charge >= 0.3 is 0 Å². The number of guanidine groups is 1. The Morgan fingerprint density at radius 3 is 2.43 bits per heavy atom. The van der Waals surface area contributed by atoms with Crippen LogP contribution < -0.4 is 11.1 Å². The molecule has 116 valence electrons. The Morgan fingerprint density at radius 2 is 1.78 bits per heavy atom. The Bertz CT molecular complexity index is 812. The number of nitrogens with zero attached hydrogens (tertiary/aromatic N) is 1. The molecule has 5 heteroatoms. The predicted octanol–water partition coefficient (Wildman–Crippen LogP) is 2.79. The number of Topliss-reactive ketones (excluding diaryl/α,β-unsaturated/α-hetero) is 1. The Balaban J connectivity index is 2.21. The van der Waals surface area contributed by atoms with Gasteiger partial charge in [-0.25, -0.2) is 9.38 Å². The lowest BCUT2D eigenvalue weighted by molar-refractivity contribution is -0.113. The first-order chi connectivity index (χ1) is 11.1. The van der Waals surface area contributed by atoms with Gasteiger partial charge in [-0.3, -0.25) is 4.79 Å². The van der Waals surface area contributed by atoms with Gasteiger partial charge in [0, 0.05) is 11.1 Å². The zero-order valence-corrected chi connectivity index (χ0v) is 12.6. The third-order valence-corrected chi connectivity index (χ3v) is 3.71. The number of ketones is 1. The first-order valence-corrected chi connectivity index (χ1v) is 7.23. The Labute approximate surface area is 133 Å². The van der Waals surface area contributed by atoms with E-state index in [0.717, 1.165) is 5.56 Å². The zero-order valence-electron chi connectivity index (χ0n) is 12.6. The van der Waals surface area contributed by atoms with Gasteiger partial charge < -0.3 is 11.1 Å². The molecule has 4 nitrogen and oxygen atoms in total. The summed E-state index contributed by atoms with van der Waals surface area (Å²) in [5, 5.41) is 2.95. The van der Waals surface area contributed by atoms with E-state index in [1.807, 2.05) is 30.3 Å². The van der Waals surface area contributed by atoms with Gasteiger partial charge in [-0.05, 0) is 18.6 Å². The lowest BCUT2D eigenvalue weighted by Crippen LogP contribution is -2.37. The van der Waals surface area contributed by atoms with Crippen LogP contribution in [0.1, 0.15) is 24.1 Å². The highest BCUT2D eigenvalue weighted by Gasteiger charge is 2.30. The number of nitrogens with two attached hydrogens (primary N) is 1. The monoisotopic (exact) mass is 309 g/mol. The maximum atomic E-state index is 14.2.